The molecule has 0 unspecified atom stereocenters. The predicted molar refractivity (Wildman–Crippen MR) is 127 cm³/mol. The zero-order valence-electron chi connectivity index (χ0n) is 16.2. The maximum absolute atomic E-state index is 12.5. The predicted octanol–water partition coefficient (Wildman–Crippen LogP) is 6.68. The maximum Gasteiger partial charge on any atom is 0.266 e. The molecule has 0 aliphatic heterocycles. The Morgan fingerprint density at radius 1 is 0.968 bits per heavy atom. The Morgan fingerprint density at radius 3 is 2.32 bits per heavy atom. The first kappa shape index (κ1) is 20.5. The molecule has 0 saturated heterocycles. The molecule has 4 rings (SSSR count). The first-order valence-corrected chi connectivity index (χ1v) is 10.7. The van der Waals surface area contributed by atoms with E-state index in [-0.39, 0.29) is 5.57 Å². The molecule has 31 heavy (non-hydrogen) atoms. The molecule has 0 aliphatic carbocycles. The van der Waals surface area contributed by atoms with Crippen molar-refractivity contribution in [1.82, 2.24) is 4.98 Å². The Labute approximate surface area is 189 Å². The summed E-state index contributed by atoms with van der Waals surface area (Å²) in [7, 11) is 0. The summed E-state index contributed by atoms with van der Waals surface area (Å²) in [5, 5.41) is 15.7. The molecule has 0 radical (unpaired) electrons. The van der Waals surface area contributed by atoms with Crippen LogP contribution in [0.2, 0.25) is 5.02 Å². The summed E-state index contributed by atoms with van der Waals surface area (Å²) in [6.07, 6.45) is 1.57. The third kappa shape index (κ3) is 5.07. The number of anilines is 1. The van der Waals surface area contributed by atoms with E-state index in [2.05, 4.69) is 5.32 Å². The fourth-order valence-corrected chi connectivity index (χ4v) is 3.88. The first-order chi connectivity index (χ1) is 15.1. The van der Waals surface area contributed by atoms with E-state index in [0.717, 1.165) is 27.4 Å². The summed E-state index contributed by atoms with van der Waals surface area (Å²) in [6, 6.07) is 26.2. The molecule has 4 aromatic rings. The largest absolute Gasteiger partial charge is 0.321 e. The molecule has 3 aromatic carbocycles. The monoisotopic (exact) mass is 441 g/mol. The van der Waals surface area contributed by atoms with Gasteiger partial charge < -0.3 is 5.32 Å². The molecule has 0 saturated carbocycles. The molecule has 0 fully saturated rings. The molecule has 0 aliphatic rings. The van der Waals surface area contributed by atoms with Gasteiger partial charge in [-0.3, -0.25) is 4.79 Å². The SMILES string of the molecule is N#C/C(=C\c1ccccc1)C(=O)Nc1ccc(-c2csc(-c3ccc(Cl)cc3)n2)cc1. The second-order valence-electron chi connectivity index (χ2n) is 6.66. The highest BCUT2D eigenvalue weighted by atomic mass is 35.5. The number of nitrogens with zero attached hydrogens (tertiary/aromatic N) is 2. The highest BCUT2D eigenvalue weighted by Gasteiger charge is 2.11. The van der Waals surface area contributed by atoms with E-state index in [9.17, 15) is 10.1 Å². The van der Waals surface area contributed by atoms with Crippen LogP contribution in [0.15, 0.2) is 89.8 Å². The lowest BCUT2D eigenvalue weighted by Gasteiger charge is -2.05. The zero-order chi connectivity index (χ0) is 21.6. The number of carbonyl (C=O) groups is 1. The number of rotatable bonds is 5. The Hall–Kier alpha value is -3.72. The Bertz CT molecular complexity index is 1270. The second-order valence-corrected chi connectivity index (χ2v) is 7.95. The minimum Gasteiger partial charge on any atom is -0.321 e. The minimum atomic E-state index is -0.446. The van der Waals surface area contributed by atoms with Gasteiger partial charge in [-0.15, -0.1) is 11.3 Å². The van der Waals surface area contributed by atoms with Crippen LogP contribution in [0.3, 0.4) is 0 Å². The third-order valence-corrected chi connectivity index (χ3v) is 5.65. The molecule has 1 heterocycles. The van der Waals surface area contributed by atoms with Gasteiger partial charge in [-0.2, -0.15) is 5.26 Å². The van der Waals surface area contributed by atoms with E-state index < -0.39 is 5.91 Å². The van der Waals surface area contributed by atoms with Gasteiger partial charge in [0.1, 0.15) is 16.6 Å². The van der Waals surface area contributed by atoms with Crippen molar-refractivity contribution in [1.29, 1.82) is 5.26 Å². The van der Waals surface area contributed by atoms with Crippen LogP contribution in [0.1, 0.15) is 5.56 Å². The Morgan fingerprint density at radius 2 is 1.65 bits per heavy atom. The topological polar surface area (TPSA) is 65.8 Å². The number of benzene rings is 3. The molecule has 0 bridgehead atoms. The van der Waals surface area contributed by atoms with Crippen LogP contribution >= 0.6 is 22.9 Å². The fourth-order valence-electron chi connectivity index (χ4n) is 2.92. The molecule has 150 valence electrons. The zero-order valence-corrected chi connectivity index (χ0v) is 17.8. The highest BCUT2D eigenvalue weighted by Crippen LogP contribution is 2.30. The average molecular weight is 442 g/mol. The smallest absolute Gasteiger partial charge is 0.266 e. The van der Waals surface area contributed by atoms with Gasteiger partial charge in [0.15, 0.2) is 0 Å². The van der Waals surface area contributed by atoms with E-state index in [1.165, 1.54) is 0 Å². The molecule has 1 amide bonds. The van der Waals surface area contributed by atoms with Gasteiger partial charge in [0.05, 0.1) is 5.69 Å². The van der Waals surface area contributed by atoms with Crippen LogP contribution in [0.5, 0.6) is 0 Å². The second kappa shape index (κ2) is 9.40. The van der Waals surface area contributed by atoms with Crippen LogP contribution in [-0.2, 0) is 4.79 Å². The fraction of sp³-hybridized carbons (Fsp3) is 0. The maximum atomic E-state index is 12.5. The lowest BCUT2D eigenvalue weighted by molar-refractivity contribution is -0.112. The lowest BCUT2D eigenvalue weighted by Crippen LogP contribution is -2.13. The summed E-state index contributed by atoms with van der Waals surface area (Å²) in [4.78, 5) is 17.2. The summed E-state index contributed by atoms with van der Waals surface area (Å²) < 4.78 is 0. The van der Waals surface area contributed by atoms with Crippen LogP contribution < -0.4 is 5.32 Å². The number of nitriles is 1. The normalized spacial score (nSPS) is 11.0. The average Bonchev–Trinajstić information content (AvgIpc) is 3.29. The molecule has 4 nitrogen and oxygen atoms in total. The molecule has 0 spiro atoms. The van der Waals surface area contributed by atoms with E-state index >= 15 is 0 Å². The van der Waals surface area contributed by atoms with Crippen molar-refractivity contribution in [2.24, 2.45) is 0 Å². The van der Waals surface area contributed by atoms with Gasteiger partial charge in [0.2, 0.25) is 0 Å². The van der Waals surface area contributed by atoms with Crippen molar-refractivity contribution < 1.29 is 4.79 Å². The van der Waals surface area contributed by atoms with E-state index in [4.69, 9.17) is 16.6 Å². The number of carbonyl (C=O) groups excluding carboxylic acids is 1. The lowest BCUT2D eigenvalue weighted by atomic mass is 10.1. The number of nitrogens with one attached hydrogen (secondary N) is 1. The molecule has 0 atom stereocenters. The van der Waals surface area contributed by atoms with Crippen molar-refractivity contribution >= 4 is 40.6 Å². The van der Waals surface area contributed by atoms with Gasteiger partial charge in [-0.25, -0.2) is 4.98 Å². The van der Waals surface area contributed by atoms with Crippen molar-refractivity contribution in [3.63, 3.8) is 0 Å². The molecular weight excluding hydrogens is 426 g/mol. The Kier molecular flexibility index (Phi) is 6.23. The van der Waals surface area contributed by atoms with Gasteiger partial charge in [-0.05, 0) is 35.9 Å². The number of hydrogen-bond donors (Lipinski definition) is 1. The van der Waals surface area contributed by atoms with Crippen molar-refractivity contribution in [3.05, 3.63) is 100 Å². The van der Waals surface area contributed by atoms with E-state index in [0.29, 0.717) is 10.7 Å². The first-order valence-electron chi connectivity index (χ1n) is 9.42. The minimum absolute atomic E-state index is 0.0439. The summed E-state index contributed by atoms with van der Waals surface area (Å²) in [6.45, 7) is 0. The number of aromatic nitrogens is 1. The Balaban J connectivity index is 1.47. The van der Waals surface area contributed by atoms with Gasteiger partial charge >= 0.3 is 0 Å². The van der Waals surface area contributed by atoms with Gasteiger partial charge in [-0.1, -0.05) is 66.2 Å². The third-order valence-electron chi connectivity index (χ3n) is 4.51. The van der Waals surface area contributed by atoms with Crippen LogP contribution in [0.25, 0.3) is 27.9 Å². The van der Waals surface area contributed by atoms with E-state index in [1.54, 1.807) is 29.5 Å². The standard InChI is InChI=1S/C25H16ClN3OS/c26-21-10-6-19(7-11-21)25-29-23(16-31-25)18-8-12-22(13-9-18)28-24(30)20(15-27)14-17-4-2-1-3-5-17/h1-14,16H,(H,28,30)/b20-14+. The summed E-state index contributed by atoms with van der Waals surface area (Å²) in [5.41, 5.74) is 4.26. The highest BCUT2D eigenvalue weighted by molar-refractivity contribution is 7.13. The van der Waals surface area contributed by atoms with E-state index in [1.807, 2.05) is 78.2 Å². The number of thiazole rings is 1. The number of hydrogen-bond acceptors (Lipinski definition) is 4. The molecular formula is C25H16ClN3OS. The molecule has 1 N–H and O–H groups in total. The van der Waals surface area contributed by atoms with Crippen LogP contribution in [0, 0.1) is 11.3 Å². The van der Waals surface area contributed by atoms with Gasteiger partial charge in [0, 0.05) is 27.2 Å². The van der Waals surface area contributed by atoms with Crippen molar-refractivity contribution in [2.45, 2.75) is 0 Å². The van der Waals surface area contributed by atoms with Crippen molar-refractivity contribution in [2.75, 3.05) is 5.32 Å². The molecule has 1 aromatic heterocycles. The number of halogens is 1. The molecule has 6 heteroatoms. The van der Waals surface area contributed by atoms with Crippen molar-refractivity contribution in [3.8, 4) is 27.9 Å². The van der Waals surface area contributed by atoms with Gasteiger partial charge in [0.25, 0.3) is 5.91 Å². The number of amides is 1. The van der Waals surface area contributed by atoms with Crippen LogP contribution in [0.4, 0.5) is 5.69 Å². The van der Waals surface area contributed by atoms with Crippen LogP contribution in [-0.4, -0.2) is 10.9 Å². The summed E-state index contributed by atoms with van der Waals surface area (Å²) >= 11 is 7.51. The summed E-state index contributed by atoms with van der Waals surface area (Å²) in [5.74, 6) is -0.446. The quantitative estimate of drug-likeness (QED) is 0.277.